The molecule has 0 spiro atoms. The highest BCUT2D eigenvalue weighted by molar-refractivity contribution is 5.77. The lowest BCUT2D eigenvalue weighted by Crippen LogP contribution is -2.36. The zero-order valence-electron chi connectivity index (χ0n) is 14.0. The molecule has 1 aliphatic carbocycles. The SMILES string of the molecule is CC(C)CC(CNC(=O)CC1CC(c2ccccc2)C1)C(=O)O. The van der Waals surface area contributed by atoms with Gasteiger partial charge in [0, 0.05) is 13.0 Å². The van der Waals surface area contributed by atoms with E-state index >= 15 is 0 Å². The summed E-state index contributed by atoms with van der Waals surface area (Å²) in [6, 6.07) is 10.4. The predicted molar refractivity (Wildman–Crippen MR) is 90.1 cm³/mol. The van der Waals surface area contributed by atoms with Gasteiger partial charge in [-0.1, -0.05) is 44.2 Å². The van der Waals surface area contributed by atoms with Crippen LogP contribution in [0, 0.1) is 17.8 Å². The van der Waals surface area contributed by atoms with Crippen molar-refractivity contribution in [3.63, 3.8) is 0 Å². The van der Waals surface area contributed by atoms with Crippen molar-refractivity contribution in [3.05, 3.63) is 35.9 Å². The van der Waals surface area contributed by atoms with E-state index in [2.05, 4.69) is 29.6 Å². The number of amides is 1. The van der Waals surface area contributed by atoms with Gasteiger partial charge in [-0.15, -0.1) is 0 Å². The lowest BCUT2D eigenvalue weighted by Gasteiger charge is -2.35. The highest BCUT2D eigenvalue weighted by Crippen LogP contribution is 2.43. The van der Waals surface area contributed by atoms with E-state index in [-0.39, 0.29) is 12.5 Å². The molecule has 2 rings (SSSR count). The van der Waals surface area contributed by atoms with E-state index < -0.39 is 11.9 Å². The van der Waals surface area contributed by atoms with Gasteiger partial charge in [0.1, 0.15) is 0 Å². The quantitative estimate of drug-likeness (QED) is 0.772. The fourth-order valence-corrected chi connectivity index (χ4v) is 3.31. The zero-order chi connectivity index (χ0) is 16.8. The summed E-state index contributed by atoms with van der Waals surface area (Å²) in [5.41, 5.74) is 1.35. The largest absolute Gasteiger partial charge is 0.481 e. The van der Waals surface area contributed by atoms with Gasteiger partial charge in [0.25, 0.3) is 0 Å². The first-order valence-electron chi connectivity index (χ1n) is 8.50. The summed E-state index contributed by atoms with van der Waals surface area (Å²) in [7, 11) is 0. The topological polar surface area (TPSA) is 66.4 Å². The molecule has 1 fully saturated rings. The second-order valence-corrected chi connectivity index (χ2v) is 7.12. The third-order valence-corrected chi connectivity index (χ3v) is 4.63. The van der Waals surface area contributed by atoms with Gasteiger partial charge in [-0.05, 0) is 42.6 Å². The van der Waals surface area contributed by atoms with E-state index in [1.54, 1.807) is 0 Å². The average molecular weight is 317 g/mol. The molecular weight excluding hydrogens is 290 g/mol. The molecule has 0 aliphatic heterocycles. The number of aliphatic carboxylic acids is 1. The van der Waals surface area contributed by atoms with Gasteiger partial charge >= 0.3 is 5.97 Å². The molecular formula is C19H27NO3. The van der Waals surface area contributed by atoms with Crippen LogP contribution in [0.5, 0.6) is 0 Å². The van der Waals surface area contributed by atoms with Crippen LogP contribution in [0.4, 0.5) is 0 Å². The molecule has 4 heteroatoms. The minimum atomic E-state index is -0.827. The molecule has 1 aliphatic rings. The van der Waals surface area contributed by atoms with E-state index in [1.807, 2.05) is 19.9 Å². The van der Waals surface area contributed by atoms with Crippen LogP contribution in [0.2, 0.25) is 0 Å². The normalized spacial score (nSPS) is 21.5. The van der Waals surface area contributed by atoms with Crippen molar-refractivity contribution in [1.82, 2.24) is 5.32 Å². The highest BCUT2D eigenvalue weighted by Gasteiger charge is 2.31. The van der Waals surface area contributed by atoms with Crippen LogP contribution in [0.1, 0.15) is 51.0 Å². The number of nitrogens with one attached hydrogen (secondary N) is 1. The zero-order valence-corrected chi connectivity index (χ0v) is 14.0. The van der Waals surface area contributed by atoms with Crippen molar-refractivity contribution in [2.24, 2.45) is 17.8 Å². The molecule has 1 aromatic rings. The number of benzene rings is 1. The molecule has 1 aromatic carbocycles. The van der Waals surface area contributed by atoms with E-state index in [1.165, 1.54) is 5.56 Å². The molecule has 2 N–H and O–H groups in total. The van der Waals surface area contributed by atoms with Crippen molar-refractivity contribution in [2.75, 3.05) is 6.54 Å². The van der Waals surface area contributed by atoms with Gasteiger partial charge in [0.05, 0.1) is 5.92 Å². The van der Waals surface area contributed by atoms with Gasteiger partial charge < -0.3 is 10.4 Å². The first-order chi connectivity index (χ1) is 11.0. The molecule has 1 atom stereocenters. The number of rotatable bonds is 8. The predicted octanol–water partition coefficient (Wildman–Crippen LogP) is 3.43. The second-order valence-electron chi connectivity index (χ2n) is 7.12. The summed E-state index contributed by atoms with van der Waals surface area (Å²) < 4.78 is 0. The van der Waals surface area contributed by atoms with Gasteiger partial charge in [-0.25, -0.2) is 0 Å². The Morgan fingerprint density at radius 3 is 2.43 bits per heavy atom. The van der Waals surface area contributed by atoms with Gasteiger partial charge in [0.2, 0.25) is 5.91 Å². The van der Waals surface area contributed by atoms with Gasteiger partial charge in [0.15, 0.2) is 0 Å². The fraction of sp³-hybridized carbons (Fsp3) is 0.579. The molecule has 0 aromatic heterocycles. The standard InChI is InChI=1S/C19H27NO3/c1-13(2)8-17(19(22)23)12-20-18(21)11-14-9-16(10-14)15-6-4-3-5-7-15/h3-7,13-14,16-17H,8-12H2,1-2H3,(H,20,21)(H,22,23). The van der Waals surface area contributed by atoms with Crippen LogP contribution in [0.25, 0.3) is 0 Å². The van der Waals surface area contributed by atoms with Crippen molar-refractivity contribution < 1.29 is 14.7 Å². The van der Waals surface area contributed by atoms with E-state index in [0.29, 0.717) is 30.6 Å². The molecule has 23 heavy (non-hydrogen) atoms. The molecule has 0 bridgehead atoms. The first-order valence-corrected chi connectivity index (χ1v) is 8.50. The minimum absolute atomic E-state index is 0.0171. The Bertz CT molecular complexity index is 521. The molecule has 0 saturated heterocycles. The number of carbonyl (C=O) groups excluding carboxylic acids is 1. The minimum Gasteiger partial charge on any atom is -0.481 e. The van der Waals surface area contributed by atoms with Gasteiger partial charge in [-0.3, -0.25) is 9.59 Å². The molecule has 1 unspecified atom stereocenters. The Hall–Kier alpha value is -1.84. The lowest BCUT2D eigenvalue weighted by molar-refractivity contribution is -0.142. The summed E-state index contributed by atoms with van der Waals surface area (Å²) in [5.74, 6) is -0.0257. The Labute approximate surface area is 138 Å². The number of carboxylic acids is 1. The van der Waals surface area contributed by atoms with Crippen LogP contribution >= 0.6 is 0 Å². The maximum atomic E-state index is 12.0. The third-order valence-electron chi connectivity index (χ3n) is 4.63. The van der Waals surface area contributed by atoms with Crippen molar-refractivity contribution in [1.29, 1.82) is 0 Å². The average Bonchev–Trinajstić information content (AvgIpc) is 2.47. The molecule has 126 valence electrons. The molecule has 1 amide bonds. The maximum absolute atomic E-state index is 12.0. The van der Waals surface area contributed by atoms with Crippen LogP contribution < -0.4 is 5.32 Å². The molecule has 0 radical (unpaired) electrons. The van der Waals surface area contributed by atoms with Crippen LogP contribution in [-0.2, 0) is 9.59 Å². The fourth-order valence-electron chi connectivity index (χ4n) is 3.31. The summed E-state index contributed by atoms with van der Waals surface area (Å²) in [6.07, 6.45) is 3.20. The summed E-state index contributed by atoms with van der Waals surface area (Å²) in [4.78, 5) is 23.2. The number of hydrogen-bond donors (Lipinski definition) is 2. The van der Waals surface area contributed by atoms with Crippen LogP contribution in [0.15, 0.2) is 30.3 Å². The van der Waals surface area contributed by atoms with Crippen molar-refractivity contribution in [2.45, 2.75) is 45.4 Å². The Kier molecular flexibility index (Phi) is 6.20. The Morgan fingerprint density at radius 1 is 1.22 bits per heavy atom. The Balaban J connectivity index is 1.69. The van der Waals surface area contributed by atoms with Crippen molar-refractivity contribution in [3.8, 4) is 0 Å². The van der Waals surface area contributed by atoms with Crippen LogP contribution in [-0.4, -0.2) is 23.5 Å². The third kappa shape index (κ3) is 5.38. The maximum Gasteiger partial charge on any atom is 0.308 e. The van der Waals surface area contributed by atoms with Crippen LogP contribution in [0.3, 0.4) is 0 Å². The molecule has 4 nitrogen and oxygen atoms in total. The monoisotopic (exact) mass is 317 g/mol. The first kappa shape index (κ1) is 17.5. The van der Waals surface area contributed by atoms with E-state index in [4.69, 9.17) is 0 Å². The summed E-state index contributed by atoms with van der Waals surface area (Å²) in [5, 5.41) is 12.0. The smallest absolute Gasteiger partial charge is 0.308 e. The Morgan fingerprint density at radius 2 is 1.87 bits per heavy atom. The number of carboxylic acid groups (broad SMARTS) is 1. The number of carbonyl (C=O) groups is 2. The second kappa shape index (κ2) is 8.14. The highest BCUT2D eigenvalue weighted by atomic mass is 16.4. The van der Waals surface area contributed by atoms with Crippen molar-refractivity contribution >= 4 is 11.9 Å². The lowest BCUT2D eigenvalue weighted by atomic mass is 9.70. The van der Waals surface area contributed by atoms with Gasteiger partial charge in [-0.2, -0.15) is 0 Å². The summed E-state index contributed by atoms with van der Waals surface area (Å²) >= 11 is 0. The van der Waals surface area contributed by atoms with E-state index in [0.717, 1.165) is 12.8 Å². The summed E-state index contributed by atoms with van der Waals surface area (Å²) in [6.45, 7) is 4.23. The molecule has 0 heterocycles. The molecule has 1 saturated carbocycles. The van der Waals surface area contributed by atoms with E-state index in [9.17, 15) is 14.7 Å². The number of hydrogen-bond acceptors (Lipinski definition) is 2.